The molecule has 1 fully saturated rings. The third-order valence-corrected chi connectivity index (χ3v) is 6.30. The van der Waals surface area contributed by atoms with Crippen molar-refractivity contribution in [3.8, 4) is 0 Å². The van der Waals surface area contributed by atoms with Crippen molar-refractivity contribution < 1.29 is 14.7 Å². The third kappa shape index (κ3) is 3.15. The van der Waals surface area contributed by atoms with Gasteiger partial charge in [-0.25, -0.2) is 0 Å². The van der Waals surface area contributed by atoms with Crippen molar-refractivity contribution in [1.29, 1.82) is 0 Å². The molecule has 6 nitrogen and oxygen atoms in total. The van der Waals surface area contributed by atoms with Gasteiger partial charge in [-0.15, -0.1) is 0 Å². The zero-order valence-corrected chi connectivity index (χ0v) is 16.2. The fourth-order valence-corrected chi connectivity index (χ4v) is 4.55. The van der Waals surface area contributed by atoms with Crippen LogP contribution in [0.5, 0.6) is 0 Å². The van der Waals surface area contributed by atoms with Crippen LogP contribution in [0.3, 0.4) is 0 Å². The number of hydrogen-bond acceptors (Lipinski definition) is 4. The monoisotopic (exact) mass is 429 g/mol. The molecule has 0 saturated heterocycles. The van der Waals surface area contributed by atoms with Crippen LogP contribution in [0.2, 0.25) is 0 Å². The number of hydrogen-bond donors (Lipinski definition) is 2. The molecule has 2 amide bonds. The first-order valence-corrected chi connectivity index (χ1v) is 9.70. The van der Waals surface area contributed by atoms with E-state index >= 15 is 0 Å². The molecular formula is C20H20BrN3O3. The van der Waals surface area contributed by atoms with E-state index in [1.807, 2.05) is 41.3 Å². The van der Waals surface area contributed by atoms with Gasteiger partial charge in [0, 0.05) is 29.2 Å². The molecule has 2 aromatic rings. The molecule has 27 heavy (non-hydrogen) atoms. The number of aromatic nitrogens is 1. The second kappa shape index (κ2) is 6.73. The SMILES string of the molecule is NC(=O)C1(O)CC(CN2C(=O)c3ccccc3C2Cc2ncccc2Br)C1. The number of fused-ring (bicyclic) bond motifs is 1. The third-order valence-electron chi connectivity index (χ3n) is 5.57. The largest absolute Gasteiger partial charge is 0.380 e. The Hall–Kier alpha value is -2.25. The number of nitrogens with two attached hydrogens (primary N) is 1. The van der Waals surface area contributed by atoms with E-state index in [1.165, 1.54) is 0 Å². The van der Waals surface area contributed by atoms with E-state index in [-0.39, 0.29) is 17.9 Å². The summed E-state index contributed by atoms with van der Waals surface area (Å²) in [6.07, 6.45) is 2.92. The van der Waals surface area contributed by atoms with Gasteiger partial charge in [-0.3, -0.25) is 14.6 Å². The molecule has 1 unspecified atom stereocenters. The first-order valence-electron chi connectivity index (χ1n) is 8.90. The van der Waals surface area contributed by atoms with Crippen LogP contribution in [0, 0.1) is 5.92 Å². The molecular weight excluding hydrogens is 410 g/mol. The van der Waals surface area contributed by atoms with Crippen molar-refractivity contribution in [2.45, 2.75) is 30.9 Å². The summed E-state index contributed by atoms with van der Waals surface area (Å²) in [4.78, 5) is 30.6. The molecule has 1 aliphatic heterocycles. The molecule has 140 valence electrons. The molecule has 1 aromatic carbocycles. The van der Waals surface area contributed by atoms with Crippen LogP contribution in [0.15, 0.2) is 47.1 Å². The van der Waals surface area contributed by atoms with Gasteiger partial charge in [-0.2, -0.15) is 0 Å². The number of halogens is 1. The fraction of sp³-hybridized carbons (Fsp3) is 0.350. The summed E-state index contributed by atoms with van der Waals surface area (Å²) in [5, 5.41) is 10.1. The molecule has 7 heteroatoms. The molecule has 2 heterocycles. The highest BCUT2D eigenvalue weighted by atomic mass is 79.9. The van der Waals surface area contributed by atoms with Crippen molar-refractivity contribution in [3.63, 3.8) is 0 Å². The van der Waals surface area contributed by atoms with Crippen LogP contribution in [0.25, 0.3) is 0 Å². The number of amides is 2. The van der Waals surface area contributed by atoms with Crippen molar-refractivity contribution >= 4 is 27.7 Å². The Kier molecular flexibility index (Phi) is 4.52. The molecule has 2 aliphatic rings. The molecule has 1 saturated carbocycles. The summed E-state index contributed by atoms with van der Waals surface area (Å²) in [7, 11) is 0. The van der Waals surface area contributed by atoms with Crippen LogP contribution in [-0.4, -0.2) is 39.0 Å². The van der Waals surface area contributed by atoms with Crippen molar-refractivity contribution in [1.82, 2.24) is 9.88 Å². The smallest absolute Gasteiger partial charge is 0.254 e. The Morgan fingerprint density at radius 1 is 1.30 bits per heavy atom. The van der Waals surface area contributed by atoms with E-state index in [0.29, 0.717) is 31.4 Å². The van der Waals surface area contributed by atoms with Crippen LogP contribution in [0.1, 0.15) is 40.5 Å². The maximum absolute atomic E-state index is 13.0. The number of pyridine rings is 1. The lowest BCUT2D eigenvalue weighted by Gasteiger charge is -2.43. The van der Waals surface area contributed by atoms with Crippen molar-refractivity contribution in [2.24, 2.45) is 11.7 Å². The lowest BCUT2D eigenvalue weighted by atomic mass is 9.70. The van der Waals surface area contributed by atoms with Gasteiger partial charge in [0.1, 0.15) is 5.60 Å². The van der Waals surface area contributed by atoms with E-state index in [2.05, 4.69) is 20.9 Å². The van der Waals surface area contributed by atoms with E-state index in [0.717, 1.165) is 15.7 Å². The summed E-state index contributed by atoms with van der Waals surface area (Å²) in [6, 6.07) is 11.3. The summed E-state index contributed by atoms with van der Waals surface area (Å²) in [5.74, 6) is -0.656. The number of primary amides is 1. The standard InChI is InChI=1S/C20H20BrN3O3/c21-15-6-3-7-23-16(15)8-17-13-4-1-2-5-14(13)18(25)24(17)11-12-9-20(27,10-12)19(22)26/h1-7,12,17,27H,8-11H2,(H2,22,26). The number of carbonyl (C=O) groups is 2. The quantitative estimate of drug-likeness (QED) is 0.760. The van der Waals surface area contributed by atoms with Gasteiger partial charge in [-0.1, -0.05) is 18.2 Å². The number of benzene rings is 1. The van der Waals surface area contributed by atoms with Gasteiger partial charge in [0.15, 0.2) is 0 Å². The van der Waals surface area contributed by atoms with E-state index < -0.39 is 11.5 Å². The first-order chi connectivity index (χ1) is 12.9. The lowest BCUT2D eigenvalue weighted by molar-refractivity contribution is -0.152. The van der Waals surface area contributed by atoms with Crippen LogP contribution < -0.4 is 5.73 Å². The predicted octanol–water partition coefficient (Wildman–Crippen LogP) is 2.21. The number of rotatable bonds is 5. The molecule has 0 radical (unpaired) electrons. The van der Waals surface area contributed by atoms with Gasteiger partial charge in [0.05, 0.1) is 11.7 Å². The van der Waals surface area contributed by atoms with Crippen molar-refractivity contribution in [2.75, 3.05) is 6.54 Å². The first kappa shape index (κ1) is 18.1. The molecule has 0 spiro atoms. The second-order valence-corrected chi connectivity index (χ2v) is 8.22. The average molecular weight is 430 g/mol. The van der Waals surface area contributed by atoms with Crippen LogP contribution >= 0.6 is 15.9 Å². The minimum absolute atomic E-state index is 0.0165. The molecule has 1 aliphatic carbocycles. The fourth-order valence-electron chi connectivity index (χ4n) is 4.13. The number of nitrogens with zero attached hydrogens (tertiary/aromatic N) is 2. The van der Waals surface area contributed by atoms with Gasteiger partial charge in [0.25, 0.3) is 5.91 Å². The summed E-state index contributed by atoms with van der Waals surface area (Å²) in [6.45, 7) is 0.484. The minimum atomic E-state index is -1.43. The molecule has 1 atom stereocenters. The molecule has 1 aromatic heterocycles. The Bertz CT molecular complexity index is 911. The minimum Gasteiger partial charge on any atom is -0.380 e. The lowest BCUT2D eigenvalue weighted by Crippen LogP contribution is -2.56. The molecule has 0 bridgehead atoms. The maximum Gasteiger partial charge on any atom is 0.254 e. The maximum atomic E-state index is 13.0. The van der Waals surface area contributed by atoms with Crippen molar-refractivity contribution in [3.05, 3.63) is 63.9 Å². The highest BCUT2D eigenvalue weighted by Gasteiger charge is 2.49. The van der Waals surface area contributed by atoms with Gasteiger partial charge in [0.2, 0.25) is 5.91 Å². The normalized spacial score (nSPS) is 26.6. The van der Waals surface area contributed by atoms with E-state index in [1.54, 1.807) is 6.20 Å². The highest BCUT2D eigenvalue weighted by Crippen LogP contribution is 2.42. The van der Waals surface area contributed by atoms with Gasteiger partial charge in [-0.05, 0) is 58.5 Å². The summed E-state index contributed by atoms with van der Waals surface area (Å²) < 4.78 is 0.911. The van der Waals surface area contributed by atoms with E-state index in [9.17, 15) is 14.7 Å². The van der Waals surface area contributed by atoms with Gasteiger partial charge >= 0.3 is 0 Å². The Balaban J connectivity index is 1.59. The Morgan fingerprint density at radius 2 is 2.04 bits per heavy atom. The average Bonchev–Trinajstić information content (AvgIpc) is 2.88. The summed E-state index contributed by atoms with van der Waals surface area (Å²) >= 11 is 3.53. The Morgan fingerprint density at radius 3 is 2.74 bits per heavy atom. The van der Waals surface area contributed by atoms with Crippen LogP contribution in [0.4, 0.5) is 0 Å². The molecule has 3 N–H and O–H groups in total. The van der Waals surface area contributed by atoms with Crippen LogP contribution in [-0.2, 0) is 11.2 Å². The highest BCUT2D eigenvalue weighted by molar-refractivity contribution is 9.10. The topological polar surface area (TPSA) is 96.5 Å². The second-order valence-electron chi connectivity index (χ2n) is 7.37. The van der Waals surface area contributed by atoms with E-state index in [4.69, 9.17) is 5.73 Å². The predicted molar refractivity (Wildman–Crippen MR) is 103 cm³/mol. The summed E-state index contributed by atoms with van der Waals surface area (Å²) in [5.41, 5.74) is 6.42. The number of carbonyl (C=O) groups excluding carboxylic acids is 2. The number of aliphatic hydroxyl groups is 1. The zero-order valence-electron chi connectivity index (χ0n) is 14.6. The zero-order chi connectivity index (χ0) is 19.2. The Labute approximate surface area is 165 Å². The van der Waals surface area contributed by atoms with Gasteiger partial charge < -0.3 is 15.7 Å². The molecule has 4 rings (SSSR count).